The summed E-state index contributed by atoms with van der Waals surface area (Å²) < 4.78 is 0. The van der Waals surface area contributed by atoms with Gasteiger partial charge in [0.15, 0.2) is 0 Å². The number of benzene rings is 1. The van der Waals surface area contributed by atoms with Crippen LogP contribution in [-0.4, -0.2) is 6.54 Å². The largest absolute Gasteiger partial charge is 0.312 e. The van der Waals surface area contributed by atoms with Crippen molar-refractivity contribution in [3.8, 4) is 0 Å². The van der Waals surface area contributed by atoms with Crippen LogP contribution < -0.4 is 5.32 Å². The summed E-state index contributed by atoms with van der Waals surface area (Å²) in [6.07, 6.45) is 0. The van der Waals surface area contributed by atoms with Gasteiger partial charge < -0.3 is 5.32 Å². The molecule has 0 spiro atoms. The molecule has 1 aromatic rings. The van der Waals surface area contributed by atoms with E-state index in [-0.39, 0.29) is 0 Å². The maximum absolute atomic E-state index is 5.84. The molecule has 1 unspecified atom stereocenters. The molecule has 1 N–H and O–H groups in total. The van der Waals surface area contributed by atoms with Gasteiger partial charge >= 0.3 is 0 Å². The molecule has 0 aromatic heterocycles. The average molecular weight is 240 g/mol. The van der Waals surface area contributed by atoms with E-state index in [9.17, 15) is 0 Å². The van der Waals surface area contributed by atoms with Gasteiger partial charge in [0.25, 0.3) is 0 Å². The molecular weight excluding hydrogens is 218 g/mol. The lowest BCUT2D eigenvalue weighted by molar-refractivity contribution is 0.252. The van der Waals surface area contributed by atoms with Crippen LogP contribution in [0.15, 0.2) is 24.3 Å². The monoisotopic (exact) mass is 239 g/mol. The van der Waals surface area contributed by atoms with Crippen molar-refractivity contribution >= 4 is 11.6 Å². The zero-order chi connectivity index (χ0) is 12.2. The van der Waals surface area contributed by atoms with Gasteiger partial charge in [-0.15, -0.1) is 0 Å². The zero-order valence-corrected chi connectivity index (χ0v) is 11.4. The Bertz CT molecular complexity index is 311. The minimum absolute atomic E-state index is 0.368. The molecular formula is C14H22ClN. The number of nitrogens with one attached hydrogen (secondary N) is 1. The lowest BCUT2D eigenvalue weighted by Gasteiger charge is -2.27. The van der Waals surface area contributed by atoms with Crippen molar-refractivity contribution in [2.75, 3.05) is 6.54 Å². The maximum atomic E-state index is 5.84. The Morgan fingerprint density at radius 1 is 1.19 bits per heavy atom. The fourth-order valence-corrected chi connectivity index (χ4v) is 1.47. The lowest BCUT2D eigenvalue weighted by Crippen LogP contribution is -2.29. The molecule has 0 amide bonds. The van der Waals surface area contributed by atoms with E-state index in [1.165, 1.54) is 5.56 Å². The van der Waals surface area contributed by atoms with Gasteiger partial charge in [-0.2, -0.15) is 0 Å². The summed E-state index contributed by atoms with van der Waals surface area (Å²) in [6.45, 7) is 11.1. The molecule has 0 aliphatic heterocycles. The number of halogens is 1. The fourth-order valence-electron chi connectivity index (χ4n) is 1.34. The normalized spacial score (nSPS) is 13.8. The Hall–Kier alpha value is -0.530. The topological polar surface area (TPSA) is 12.0 Å². The average Bonchev–Trinajstić information content (AvgIpc) is 2.19. The summed E-state index contributed by atoms with van der Waals surface area (Å²) in [5.41, 5.74) is 1.65. The van der Waals surface area contributed by atoms with Gasteiger partial charge in [-0.3, -0.25) is 0 Å². The van der Waals surface area contributed by atoms with Crippen molar-refractivity contribution in [2.45, 2.75) is 34.2 Å². The van der Waals surface area contributed by atoms with E-state index in [1.54, 1.807) is 0 Å². The maximum Gasteiger partial charge on any atom is 0.0406 e. The molecule has 0 radical (unpaired) electrons. The minimum Gasteiger partial charge on any atom is -0.312 e. The predicted octanol–water partition coefficient (Wildman–Crippen LogP) is 4.11. The SMILES string of the molecule is CC(CNCc1ccc(Cl)cc1)C(C)(C)C. The molecule has 0 aliphatic rings. The second-order valence-electron chi connectivity index (χ2n) is 5.52. The Morgan fingerprint density at radius 3 is 2.25 bits per heavy atom. The van der Waals surface area contributed by atoms with E-state index < -0.39 is 0 Å². The van der Waals surface area contributed by atoms with E-state index in [0.717, 1.165) is 18.1 Å². The number of hydrogen-bond acceptors (Lipinski definition) is 1. The molecule has 90 valence electrons. The third-order valence-electron chi connectivity index (χ3n) is 3.17. The van der Waals surface area contributed by atoms with Crippen LogP contribution in [0.25, 0.3) is 0 Å². The molecule has 1 rings (SSSR count). The second kappa shape index (κ2) is 5.70. The second-order valence-corrected chi connectivity index (χ2v) is 5.96. The number of hydrogen-bond donors (Lipinski definition) is 1. The van der Waals surface area contributed by atoms with Crippen LogP contribution >= 0.6 is 11.6 Å². The zero-order valence-electron chi connectivity index (χ0n) is 10.7. The first-order chi connectivity index (χ1) is 7.39. The summed E-state index contributed by atoms with van der Waals surface area (Å²) in [6, 6.07) is 8.01. The fraction of sp³-hybridized carbons (Fsp3) is 0.571. The first kappa shape index (κ1) is 13.5. The van der Waals surface area contributed by atoms with Crippen LogP contribution in [0, 0.1) is 11.3 Å². The van der Waals surface area contributed by atoms with Crippen molar-refractivity contribution < 1.29 is 0 Å². The van der Waals surface area contributed by atoms with E-state index in [0.29, 0.717) is 11.3 Å². The molecule has 0 heterocycles. The van der Waals surface area contributed by atoms with Crippen LogP contribution in [0.3, 0.4) is 0 Å². The van der Waals surface area contributed by atoms with Crippen LogP contribution in [0.5, 0.6) is 0 Å². The molecule has 2 heteroatoms. The highest BCUT2D eigenvalue weighted by atomic mass is 35.5. The van der Waals surface area contributed by atoms with Gasteiger partial charge in [0.05, 0.1) is 0 Å². The Morgan fingerprint density at radius 2 is 1.75 bits per heavy atom. The van der Waals surface area contributed by atoms with Crippen molar-refractivity contribution in [1.82, 2.24) is 5.32 Å². The predicted molar refractivity (Wildman–Crippen MR) is 71.8 cm³/mol. The molecule has 16 heavy (non-hydrogen) atoms. The van der Waals surface area contributed by atoms with Crippen LogP contribution in [0.2, 0.25) is 5.02 Å². The van der Waals surface area contributed by atoms with Crippen LogP contribution in [0.4, 0.5) is 0 Å². The van der Waals surface area contributed by atoms with E-state index in [2.05, 4.69) is 45.1 Å². The molecule has 0 saturated heterocycles. The molecule has 0 aliphatic carbocycles. The Labute approximate surface area is 104 Å². The van der Waals surface area contributed by atoms with E-state index >= 15 is 0 Å². The minimum atomic E-state index is 0.368. The van der Waals surface area contributed by atoms with Gasteiger partial charge in [-0.05, 0) is 35.6 Å². The highest BCUT2D eigenvalue weighted by Crippen LogP contribution is 2.24. The molecule has 0 saturated carbocycles. The molecule has 1 nitrogen and oxygen atoms in total. The molecule has 1 atom stereocenters. The van der Waals surface area contributed by atoms with E-state index in [4.69, 9.17) is 11.6 Å². The Balaban J connectivity index is 2.33. The Kier molecular flexibility index (Phi) is 4.82. The summed E-state index contributed by atoms with van der Waals surface area (Å²) in [4.78, 5) is 0. The van der Waals surface area contributed by atoms with Gasteiger partial charge in [0.2, 0.25) is 0 Å². The van der Waals surface area contributed by atoms with Crippen molar-refractivity contribution in [3.05, 3.63) is 34.9 Å². The standard InChI is InChI=1S/C14H22ClN/c1-11(14(2,3)4)9-16-10-12-5-7-13(15)8-6-12/h5-8,11,16H,9-10H2,1-4H3. The van der Waals surface area contributed by atoms with Crippen LogP contribution in [-0.2, 0) is 6.54 Å². The first-order valence-electron chi connectivity index (χ1n) is 5.85. The third-order valence-corrected chi connectivity index (χ3v) is 3.42. The highest BCUT2D eigenvalue weighted by Gasteiger charge is 2.18. The van der Waals surface area contributed by atoms with Crippen LogP contribution in [0.1, 0.15) is 33.3 Å². The summed E-state index contributed by atoms with van der Waals surface area (Å²) >= 11 is 5.84. The molecule has 1 aromatic carbocycles. The van der Waals surface area contributed by atoms with Gasteiger partial charge in [-0.25, -0.2) is 0 Å². The van der Waals surface area contributed by atoms with Gasteiger partial charge in [-0.1, -0.05) is 51.4 Å². The van der Waals surface area contributed by atoms with Gasteiger partial charge in [0.1, 0.15) is 0 Å². The summed E-state index contributed by atoms with van der Waals surface area (Å²) in [5, 5.41) is 4.28. The summed E-state index contributed by atoms with van der Waals surface area (Å²) in [7, 11) is 0. The van der Waals surface area contributed by atoms with Crippen molar-refractivity contribution in [1.29, 1.82) is 0 Å². The lowest BCUT2D eigenvalue weighted by atomic mass is 9.82. The molecule has 0 bridgehead atoms. The first-order valence-corrected chi connectivity index (χ1v) is 6.22. The smallest absolute Gasteiger partial charge is 0.0406 e. The molecule has 0 fully saturated rings. The quantitative estimate of drug-likeness (QED) is 0.834. The van der Waals surface area contributed by atoms with E-state index in [1.807, 2.05) is 12.1 Å². The number of rotatable bonds is 4. The van der Waals surface area contributed by atoms with Crippen molar-refractivity contribution in [2.24, 2.45) is 11.3 Å². The third kappa shape index (κ3) is 4.54. The van der Waals surface area contributed by atoms with Crippen molar-refractivity contribution in [3.63, 3.8) is 0 Å². The highest BCUT2D eigenvalue weighted by molar-refractivity contribution is 6.30. The van der Waals surface area contributed by atoms with Gasteiger partial charge in [0, 0.05) is 11.6 Å². The summed E-state index contributed by atoms with van der Waals surface area (Å²) in [5.74, 6) is 0.666.